The summed E-state index contributed by atoms with van der Waals surface area (Å²) in [7, 11) is 0. The van der Waals surface area contributed by atoms with Crippen LogP contribution in [0, 0.1) is 0 Å². The first-order chi connectivity index (χ1) is 6.42. The molecule has 0 atom stereocenters. The van der Waals surface area contributed by atoms with Crippen LogP contribution in [0.15, 0.2) is 31.2 Å². The van der Waals surface area contributed by atoms with Crippen molar-refractivity contribution in [1.29, 1.82) is 0 Å². The maximum atomic E-state index is 4.12. The van der Waals surface area contributed by atoms with Crippen LogP contribution < -0.4 is 0 Å². The smallest absolute Gasteiger partial charge is 0.143 e. The third-order valence-electron chi connectivity index (χ3n) is 1.61. The first kappa shape index (κ1) is 7.60. The van der Waals surface area contributed by atoms with E-state index in [9.17, 15) is 0 Å². The molecule has 5 heteroatoms. The van der Waals surface area contributed by atoms with Gasteiger partial charge >= 0.3 is 0 Å². The van der Waals surface area contributed by atoms with Crippen LogP contribution in [0.2, 0.25) is 0 Å². The Morgan fingerprint density at radius 2 is 2.38 bits per heavy atom. The van der Waals surface area contributed by atoms with Crippen molar-refractivity contribution >= 4 is 6.08 Å². The maximum absolute atomic E-state index is 4.12. The van der Waals surface area contributed by atoms with E-state index < -0.39 is 0 Å². The second kappa shape index (κ2) is 3.14. The van der Waals surface area contributed by atoms with Crippen molar-refractivity contribution in [2.45, 2.75) is 0 Å². The third kappa shape index (κ3) is 1.31. The highest BCUT2D eigenvalue weighted by atomic mass is 15.5. The molecule has 0 spiro atoms. The first-order valence-electron chi connectivity index (χ1n) is 3.72. The number of pyridine rings is 1. The van der Waals surface area contributed by atoms with Gasteiger partial charge in [-0.1, -0.05) is 6.58 Å². The van der Waals surface area contributed by atoms with Gasteiger partial charge in [-0.3, -0.25) is 4.98 Å². The quantitative estimate of drug-likeness (QED) is 0.670. The summed E-state index contributed by atoms with van der Waals surface area (Å²) in [6.07, 6.45) is 4.88. The summed E-state index contributed by atoms with van der Waals surface area (Å²) < 4.78 is 1.55. The topological polar surface area (TPSA) is 56.5 Å². The Labute approximate surface area is 74.7 Å². The van der Waals surface area contributed by atoms with Crippen molar-refractivity contribution in [1.82, 2.24) is 25.2 Å². The molecule has 2 aromatic rings. The molecule has 0 bridgehead atoms. The molecule has 13 heavy (non-hydrogen) atoms. The zero-order valence-corrected chi connectivity index (χ0v) is 6.83. The van der Waals surface area contributed by atoms with Crippen LogP contribution in [0.1, 0.15) is 5.69 Å². The second-order valence-corrected chi connectivity index (χ2v) is 2.37. The molecule has 0 N–H and O–H groups in total. The molecule has 0 fully saturated rings. The molecule has 0 aliphatic rings. The van der Waals surface area contributed by atoms with E-state index in [0.29, 0.717) is 0 Å². The van der Waals surface area contributed by atoms with Crippen molar-refractivity contribution in [3.05, 3.63) is 36.9 Å². The minimum absolute atomic E-state index is 0.759. The SMILES string of the molecule is C=Cc1ncccc1-n1cnnn1. The average molecular weight is 173 g/mol. The van der Waals surface area contributed by atoms with Gasteiger partial charge in [0.1, 0.15) is 6.33 Å². The monoisotopic (exact) mass is 173 g/mol. The van der Waals surface area contributed by atoms with Crippen LogP contribution in [0.3, 0.4) is 0 Å². The summed E-state index contributed by atoms with van der Waals surface area (Å²) in [5.74, 6) is 0. The lowest BCUT2D eigenvalue weighted by Crippen LogP contribution is -1.99. The Hall–Kier alpha value is -2.04. The Balaban J connectivity index is 2.57. The fourth-order valence-electron chi connectivity index (χ4n) is 1.03. The zero-order valence-electron chi connectivity index (χ0n) is 6.83. The van der Waals surface area contributed by atoms with E-state index in [-0.39, 0.29) is 0 Å². The highest BCUT2D eigenvalue weighted by Crippen LogP contribution is 2.09. The van der Waals surface area contributed by atoms with Gasteiger partial charge in [0.15, 0.2) is 0 Å². The van der Waals surface area contributed by atoms with Crippen LogP contribution in [-0.2, 0) is 0 Å². The molecule has 2 rings (SSSR count). The molecule has 64 valence electrons. The van der Waals surface area contributed by atoms with Gasteiger partial charge in [-0.25, -0.2) is 0 Å². The molecule has 2 heterocycles. The van der Waals surface area contributed by atoms with E-state index in [1.165, 1.54) is 6.33 Å². The lowest BCUT2D eigenvalue weighted by atomic mass is 10.3. The normalized spacial score (nSPS) is 9.85. The number of hydrogen-bond acceptors (Lipinski definition) is 4. The van der Waals surface area contributed by atoms with Crippen molar-refractivity contribution in [3.8, 4) is 5.69 Å². The zero-order chi connectivity index (χ0) is 9.10. The Morgan fingerprint density at radius 1 is 1.46 bits per heavy atom. The van der Waals surface area contributed by atoms with Crippen molar-refractivity contribution < 1.29 is 0 Å². The first-order valence-corrected chi connectivity index (χ1v) is 3.72. The largest absolute Gasteiger partial charge is 0.255 e. The summed E-state index contributed by atoms with van der Waals surface area (Å²) in [5.41, 5.74) is 1.58. The lowest BCUT2D eigenvalue weighted by molar-refractivity contribution is 0.784. The second-order valence-electron chi connectivity index (χ2n) is 2.37. The summed E-state index contributed by atoms with van der Waals surface area (Å²) in [6, 6.07) is 3.70. The van der Waals surface area contributed by atoms with Gasteiger partial charge in [0.05, 0.1) is 11.4 Å². The molecule has 0 saturated carbocycles. The molecule has 0 amide bonds. The van der Waals surface area contributed by atoms with Gasteiger partial charge in [-0.15, -0.1) is 5.10 Å². The van der Waals surface area contributed by atoms with Crippen LogP contribution in [0.25, 0.3) is 11.8 Å². The molecule has 0 aromatic carbocycles. The third-order valence-corrected chi connectivity index (χ3v) is 1.61. The van der Waals surface area contributed by atoms with Crippen molar-refractivity contribution in [2.24, 2.45) is 0 Å². The van der Waals surface area contributed by atoms with Gasteiger partial charge in [-0.2, -0.15) is 4.68 Å². The fraction of sp³-hybridized carbons (Fsp3) is 0. The van der Waals surface area contributed by atoms with Crippen LogP contribution >= 0.6 is 0 Å². The van der Waals surface area contributed by atoms with Gasteiger partial charge in [-0.05, 0) is 28.6 Å². The molecule has 2 aromatic heterocycles. The lowest BCUT2D eigenvalue weighted by Gasteiger charge is -2.01. The summed E-state index contributed by atoms with van der Waals surface area (Å²) >= 11 is 0. The van der Waals surface area contributed by atoms with Gasteiger partial charge in [0, 0.05) is 6.20 Å². The molecule has 0 saturated heterocycles. The molecular weight excluding hydrogens is 166 g/mol. The van der Waals surface area contributed by atoms with E-state index in [0.717, 1.165) is 11.4 Å². The van der Waals surface area contributed by atoms with E-state index in [1.807, 2.05) is 12.1 Å². The number of tetrazole rings is 1. The molecular formula is C8H7N5. The number of aromatic nitrogens is 5. The Kier molecular flexibility index (Phi) is 1.84. The van der Waals surface area contributed by atoms with Gasteiger partial charge < -0.3 is 0 Å². The van der Waals surface area contributed by atoms with E-state index in [4.69, 9.17) is 0 Å². The van der Waals surface area contributed by atoms with Crippen molar-refractivity contribution in [3.63, 3.8) is 0 Å². The summed E-state index contributed by atoms with van der Waals surface area (Å²) in [6.45, 7) is 3.66. The predicted molar refractivity (Wildman–Crippen MR) is 47.0 cm³/mol. The minimum Gasteiger partial charge on any atom is -0.255 e. The Bertz CT molecular complexity index is 406. The number of nitrogens with zero attached hydrogens (tertiary/aromatic N) is 5. The van der Waals surface area contributed by atoms with E-state index >= 15 is 0 Å². The van der Waals surface area contributed by atoms with Crippen LogP contribution in [0.5, 0.6) is 0 Å². The molecule has 0 aliphatic heterocycles. The summed E-state index contributed by atoms with van der Waals surface area (Å²) in [5, 5.41) is 10.9. The molecule has 0 aliphatic carbocycles. The molecule has 5 nitrogen and oxygen atoms in total. The van der Waals surface area contributed by atoms with E-state index in [1.54, 1.807) is 17.0 Å². The fourth-order valence-corrected chi connectivity index (χ4v) is 1.03. The number of hydrogen-bond donors (Lipinski definition) is 0. The highest BCUT2D eigenvalue weighted by molar-refractivity contribution is 5.53. The van der Waals surface area contributed by atoms with Crippen LogP contribution in [0.4, 0.5) is 0 Å². The highest BCUT2D eigenvalue weighted by Gasteiger charge is 2.02. The average Bonchev–Trinajstić information content (AvgIpc) is 2.70. The molecule has 0 radical (unpaired) electrons. The van der Waals surface area contributed by atoms with Gasteiger partial charge in [0.2, 0.25) is 0 Å². The predicted octanol–water partition coefficient (Wildman–Crippen LogP) is 0.700. The molecule has 0 unspecified atom stereocenters. The summed E-state index contributed by atoms with van der Waals surface area (Å²) in [4.78, 5) is 4.12. The maximum Gasteiger partial charge on any atom is 0.143 e. The van der Waals surface area contributed by atoms with Crippen LogP contribution in [-0.4, -0.2) is 25.2 Å². The standard InChI is InChI=1S/C8H7N5/c1-2-7-8(4-3-5-9-7)13-6-10-11-12-13/h2-6H,1H2. The number of rotatable bonds is 2. The van der Waals surface area contributed by atoms with Crippen molar-refractivity contribution in [2.75, 3.05) is 0 Å². The van der Waals surface area contributed by atoms with E-state index in [2.05, 4.69) is 27.1 Å². The minimum atomic E-state index is 0.759. The van der Waals surface area contributed by atoms with Gasteiger partial charge in [0.25, 0.3) is 0 Å². The Morgan fingerprint density at radius 3 is 3.08 bits per heavy atom.